The molecule has 1 heterocycles. The van der Waals surface area contributed by atoms with Crippen LogP contribution in [-0.4, -0.2) is 32.0 Å². The van der Waals surface area contributed by atoms with E-state index in [2.05, 4.69) is 16.0 Å². The quantitative estimate of drug-likeness (QED) is 0.713. The third-order valence-corrected chi connectivity index (χ3v) is 4.30. The Morgan fingerprint density at radius 3 is 2.71 bits per heavy atom. The van der Waals surface area contributed by atoms with Gasteiger partial charge in [0.2, 0.25) is 11.8 Å². The number of methoxy groups -OCH3 is 1. The maximum absolute atomic E-state index is 12.0. The fraction of sp³-hybridized carbons (Fsp3) is 0.556. The Labute approximate surface area is 143 Å². The number of piperidine rings is 1. The molecular formula is C18H27N3O3. The van der Waals surface area contributed by atoms with Crippen LogP contribution in [0.25, 0.3) is 0 Å². The van der Waals surface area contributed by atoms with Crippen molar-refractivity contribution in [3.8, 4) is 5.75 Å². The summed E-state index contributed by atoms with van der Waals surface area (Å²) in [6, 6.07) is 5.51. The maximum atomic E-state index is 12.0. The van der Waals surface area contributed by atoms with E-state index < -0.39 is 0 Å². The molecule has 24 heavy (non-hydrogen) atoms. The van der Waals surface area contributed by atoms with E-state index in [1.54, 1.807) is 13.2 Å². The van der Waals surface area contributed by atoms with Crippen molar-refractivity contribution in [2.45, 2.75) is 39.2 Å². The molecule has 0 radical (unpaired) electrons. The van der Waals surface area contributed by atoms with Crippen LogP contribution in [0.4, 0.5) is 5.69 Å². The van der Waals surface area contributed by atoms with Crippen molar-refractivity contribution in [2.75, 3.05) is 25.5 Å². The van der Waals surface area contributed by atoms with Crippen LogP contribution in [-0.2, 0) is 16.1 Å². The number of carbonyl (C=O) groups is 2. The number of ether oxygens (including phenoxy) is 1. The Bertz CT molecular complexity index is 569. The molecule has 0 spiro atoms. The molecular weight excluding hydrogens is 306 g/mol. The van der Waals surface area contributed by atoms with Crippen LogP contribution in [0, 0.1) is 5.92 Å². The lowest BCUT2D eigenvalue weighted by molar-refractivity contribution is -0.121. The number of rotatable bonds is 7. The highest BCUT2D eigenvalue weighted by atomic mass is 16.5. The Kier molecular flexibility index (Phi) is 7.06. The number of nitrogens with one attached hydrogen (secondary N) is 3. The first-order valence-electron chi connectivity index (χ1n) is 8.50. The highest BCUT2D eigenvalue weighted by Crippen LogP contribution is 2.25. The predicted octanol–water partition coefficient (Wildman–Crippen LogP) is 2.05. The minimum absolute atomic E-state index is 0.0745. The molecule has 132 valence electrons. The Balaban J connectivity index is 1.82. The molecule has 1 fully saturated rings. The van der Waals surface area contributed by atoms with E-state index >= 15 is 0 Å². The van der Waals surface area contributed by atoms with Gasteiger partial charge in [0, 0.05) is 19.9 Å². The molecule has 1 aromatic carbocycles. The molecule has 0 saturated carbocycles. The lowest BCUT2D eigenvalue weighted by atomic mass is 9.93. The van der Waals surface area contributed by atoms with Gasteiger partial charge in [-0.15, -0.1) is 0 Å². The van der Waals surface area contributed by atoms with Gasteiger partial charge in [0.1, 0.15) is 5.75 Å². The van der Waals surface area contributed by atoms with Gasteiger partial charge in [0.25, 0.3) is 0 Å². The minimum Gasteiger partial charge on any atom is -0.495 e. The summed E-state index contributed by atoms with van der Waals surface area (Å²) in [7, 11) is 1.56. The van der Waals surface area contributed by atoms with Gasteiger partial charge >= 0.3 is 0 Å². The van der Waals surface area contributed by atoms with Crippen molar-refractivity contribution in [3.63, 3.8) is 0 Å². The van der Waals surface area contributed by atoms with Crippen LogP contribution in [0.3, 0.4) is 0 Å². The number of carbonyl (C=O) groups excluding carboxylic acids is 2. The van der Waals surface area contributed by atoms with Gasteiger partial charge in [-0.25, -0.2) is 0 Å². The number of amides is 2. The van der Waals surface area contributed by atoms with Crippen molar-refractivity contribution >= 4 is 17.5 Å². The molecule has 1 saturated heterocycles. The van der Waals surface area contributed by atoms with Crippen LogP contribution < -0.4 is 20.7 Å². The van der Waals surface area contributed by atoms with Crippen LogP contribution in [0.1, 0.15) is 38.2 Å². The number of anilines is 1. The molecule has 6 nitrogen and oxygen atoms in total. The maximum Gasteiger partial charge on any atom is 0.221 e. The number of hydrogen-bond donors (Lipinski definition) is 3. The van der Waals surface area contributed by atoms with Crippen LogP contribution >= 0.6 is 0 Å². The smallest absolute Gasteiger partial charge is 0.221 e. The van der Waals surface area contributed by atoms with E-state index in [-0.39, 0.29) is 11.8 Å². The second-order valence-corrected chi connectivity index (χ2v) is 6.22. The number of hydrogen-bond acceptors (Lipinski definition) is 4. The Morgan fingerprint density at radius 1 is 1.29 bits per heavy atom. The summed E-state index contributed by atoms with van der Waals surface area (Å²) >= 11 is 0. The molecule has 2 amide bonds. The van der Waals surface area contributed by atoms with Crippen molar-refractivity contribution in [2.24, 2.45) is 5.92 Å². The molecule has 1 aromatic rings. The first-order chi connectivity index (χ1) is 11.6. The second kappa shape index (κ2) is 9.27. The second-order valence-electron chi connectivity index (χ2n) is 6.22. The normalized spacial score (nSPS) is 14.9. The van der Waals surface area contributed by atoms with E-state index in [9.17, 15) is 9.59 Å². The van der Waals surface area contributed by atoms with Gasteiger partial charge in [-0.3, -0.25) is 9.59 Å². The minimum atomic E-state index is -0.156. The molecule has 0 aromatic heterocycles. The monoisotopic (exact) mass is 333 g/mol. The van der Waals surface area contributed by atoms with Crippen molar-refractivity contribution in [1.29, 1.82) is 0 Å². The highest BCUT2D eigenvalue weighted by molar-refractivity contribution is 5.90. The van der Waals surface area contributed by atoms with E-state index in [0.29, 0.717) is 30.3 Å². The summed E-state index contributed by atoms with van der Waals surface area (Å²) in [4.78, 5) is 23.3. The van der Waals surface area contributed by atoms with Crippen LogP contribution in [0.5, 0.6) is 5.75 Å². The fourth-order valence-electron chi connectivity index (χ4n) is 2.95. The van der Waals surface area contributed by atoms with Gasteiger partial charge in [-0.05, 0) is 56.0 Å². The molecule has 0 aliphatic carbocycles. The van der Waals surface area contributed by atoms with Crippen LogP contribution in [0.15, 0.2) is 18.2 Å². The topological polar surface area (TPSA) is 79.5 Å². The molecule has 0 bridgehead atoms. The molecule has 3 N–H and O–H groups in total. The summed E-state index contributed by atoms with van der Waals surface area (Å²) < 4.78 is 5.23. The van der Waals surface area contributed by atoms with E-state index in [0.717, 1.165) is 37.9 Å². The van der Waals surface area contributed by atoms with E-state index in [4.69, 9.17) is 4.74 Å². The largest absolute Gasteiger partial charge is 0.495 e. The van der Waals surface area contributed by atoms with Gasteiger partial charge in [-0.2, -0.15) is 0 Å². The zero-order valence-electron chi connectivity index (χ0n) is 14.5. The summed E-state index contributed by atoms with van der Waals surface area (Å²) in [5, 5.41) is 9.02. The third kappa shape index (κ3) is 5.85. The van der Waals surface area contributed by atoms with Gasteiger partial charge < -0.3 is 20.7 Å². The molecule has 0 unspecified atom stereocenters. The first-order valence-corrected chi connectivity index (χ1v) is 8.50. The standard InChI is InChI=1S/C18H27N3O3/c1-13(22)21-16-11-15(3-5-17(16)24-2)12-20-18(23)6-4-14-7-9-19-10-8-14/h3,5,11,14,19H,4,6-10,12H2,1-2H3,(H,20,23)(H,21,22). The molecule has 1 aliphatic heterocycles. The summed E-state index contributed by atoms with van der Waals surface area (Å²) in [5.74, 6) is 1.18. The molecule has 2 rings (SSSR count). The fourth-order valence-corrected chi connectivity index (χ4v) is 2.95. The molecule has 0 atom stereocenters. The Hall–Kier alpha value is -2.08. The summed E-state index contributed by atoms with van der Waals surface area (Å²) in [6.07, 6.45) is 3.84. The predicted molar refractivity (Wildman–Crippen MR) is 94.0 cm³/mol. The summed E-state index contributed by atoms with van der Waals surface area (Å²) in [6.45, 7) is 4.02. The van der Waals surface area contributed by atoms with Crippen LogP contribution in [0.2, 0.25) is 0 Å². The lowest BCUT2D eigenvalue weighted by Crippen LogP contribution is -2.29. The third-order valence-electron chi connectivity index (χ3n) is 4.30. The first kappa shape index (κ1) is 18.3. The highest BCUT2D eigenvalue weighted by Gasteiger charge is 2.14. The van der Waals surface area contributed by atoms with Gasteiger partial charge in [0.05, 0.1) is 12.8 Å². The summed E-state index contributed by atoms with van der Waals surface area (Å²) in [5.41, 5.74) is 1.54. The van der Waals surface area contributed by atoms with Crippen molar-refractivity contribution in [3.05, 3.63) is 23.8 Å². The molecule has 1 aliphatic rings. The van der Waals surface area contributed by atoms with Gasteiger partial charge in [0.15, 0.2) is 0 Å². The average molecular weight is 333 g/mol. The zero-order valence-corrected chi connectivity index (χ0v) is 14.5. The van der Waals surface area contributed by atoms with Crippen molar-refractivity contribution in [1.82, 2.24) is 10.6 Å². The number of benzene rings is 1. The average Bonchev–Trinajstić information content (AvgIpc) is 2.58. The van der Waals surface area contributed by atoms with Gasteiger partial charge in [-0.1, -0.05) is 6.07 Å². The zero-order chi connectivity index (χ0) is 17.4. The van der Waals surface area contributed by atoms with E-state index in [1.165, 1.54) is 6.92 Å². The van der Waals surface area contributed by atoms with Crippen molar-refractivity contribution < 1.29 is 14.3 Å². The lowest BCUT2D eigenvalue weighted by Gasteiger charge is -2.22. The Morgan fingerprint density at radius 2 is 2.04 bits per heavy atom. The SMILES string of the molecule is COc1ccc(CNC(=O)CCC2CCNCC2)cc1NC(C)=O. The molecule has 6 heteroatoms. The van der Waals surface area contributed by atoms with E-state index in [1.807, 2.05) is 12.1 Å².